The molecule has 1 saturated carbocycles. The van der Waals surface area contributed by atoms with Crippen LogP contribution in [0.1, 0.15) is 51.4 Å². The maximum atomic E-state index is 12.0. The lowest BCUT2D eigenvalue weighted by atomic mass is 9.86. The number of nitrogens with one attached hydrogen (secondary N) is 1. The average molecular weight is 327 g/mol. The second kappa shape index (κ2) is 9.57. The van der Waals surface area contributed by atoms with E-state index < -0.39 is 0 Å². The van der Waals surface area contributed by atoms with Gasteiger partial charge in [-0.05, 0) is 30.9 Å². The van der Waals surface area contributed by atoms with Gasteiger partial charge in [-0.25, -0.2) is 0 Å². The van der Waals surface area contributed by atoms with Gasteiger partial charge in [-0.3, -0.25) is 4.79 Å². The van der Waals surface area contributed by atoms with E-state index in [2.05, 4.69) is 5.32 Å². The molecule has 1 aromatic rings. The largest absolute Gasteiger partial charge is 0.497 e. The maximum absolute atomic E-state index is 12.0. The fourth-order valence-electron chi connectivity index (χ4n) is 3.01. The summed E-state index contributed by atoms with van der Waals surface area (Å²) in [5, 5.41) is 2.88. The van der Waals surface area contributed by atoms with E-state index in [1.54, 1.807) is 25.3 Å². The van der Waals surface area contributed by atoms with E-state index in [1.165, 1.54) is 38.5 Å². The summed E-state index contributed by atoms with van der Waals surface area (Å²) < 4.78 is 5.15. The highest BCUT2D eigenvalue weighted by Crippen LogP contribution is 2.28. The molecule has 5 heteroatoms. The minimum Gasteiger partial charge on any atom is -0.497 e. The zero-order valence-electron chi connectivity index (χ0n) is 13.3. The highest BCUT2D eigenvalue weighted by atomic mass is 35.5. The van der Waals surface area contributed by atoms with Gasteiger partial charge in [-0.2, -0.15) is 0 Å². The lowest BCUT2D eigenvalue weighted by Gasteiger charge is -2.21. The van der Waals surface area contributed by atoms with Crippen LogP contribution in [0.3, 0.4) is 0 Å². The predicted octanol–water partition coefficient (Wildman–Crippen LogP) is 4.39. The van der Waals surface area contributed by atoms with Crippen LogP contribution in [0.15, 0.2) is 18.2 Å². The molecule has 0 saturated heterocycles. The molecule has 3 N–H and O–H groups in total. The number of nitrogen functional groups attached to an aromatic ring is 1. The SMILES string of the molecule is COc1ccc(N)c(NC(=O)CCCC2CCCCC2)c1.Cl. The van der Waals surface area contributed by atoms with Crippen molar-refractivity contribution in [3.05, 3.63) is 18.2 Å². The topological polar surface area (TPSA) is 64.3 Å². The van der Waals surface area contributed by atoms with Crippen LogP contribution in [0.5, 0.6) is 5.75 Å². The summed E-state index contributed by atoms with van der Waals surface area (Å²) in [6.45, 7) is 0. The Bertz CT molecular complexity index is 474. The molecule has 22 heavy (non-hydrogen) atoms. The highest BCUT2D eigenvalue weighted by Gasteiger charge is 2.14. The van der Waals surface area contributed by atoms with Crippen molar-refractivity contribution in [1.82, 2.24) is 0 Å². The van der Waals surface area contributed by atoms with Crippen LogP contribution >= 0.6 is 12.4 Å². The molecule has 1 aliphatic rings. The molecule has 1 aromatic carbocycles. The second-order valence-electron chi connectivity index (χ2n) is 5.90. The molecule has 124 valence electrons. The summed E-state index contributed by atoms with van der Waals surface area (Å²) in [6.07, 6.45) is 9.46. The van der Waals surface area contributed by atoms with Gasteiger partial charge in [-0.1, -0.05) is 32.1 Å². The molecule has 0 atom stereocenters. The number of hydrogen-bond acceptors (Lipinski definition) is 3. The van der Waals surface area contributed by atoms with E-state index in [4.69, 9.17) is 10.5 Å². The number of carbonyl (C=O) groups excluding carboxylic acids is 1. The third kappa shape index (κ3) is 5.76. The van der Waals surface area contributed by atoms with Crippen molar-refractivity contribution in [1.29, 1.82) is 0 Å². The Morgan fingerprint density at radius 1 is 1.32 bits per heavy atom. The van der Waals surface area contributed by atoms with E-state index in [9.17, 15) is 4.79 Å². The number of rotatable bonds is 6. The molecule has 0 unspecified atom stereocenters. The van der Waals surface area contributed by atoms with Crippen LogP contribution in [0.25, 0.3) is 0 Å². The Labute approximate surface area is 139 Å². The molecule has 0 radical (unpaired) electrons. The molecular weight excluding hydrogens is 300 g/mol. The first-order valence-corrected chi connectivity index (χ1v) is 7.92. The van der Waals surface area contributed by atoms with Crippen molar-refractivity contribution in [2.24, 2.45) is 5.92 Å². The first-order chi connectivity index (χ1) is 10.2. The van der Waals surface area contributed by atoms with Gasteiger partial charge in [0.2, 0.25) is 5.91 Å². The average Bonchev–Trinajstić information content (AvgIpc) is 2.50. The van der Waals surface area contributed by atoms with Crippen molar-refractivity contribution >= 4 is 29.7 Å². The summed E-state index contributed by atoms with van der Waals surface area (Å²) in [5.41, 5.74) is 7.07. The maximum Gasteiger partial charge on any atom is 0.224 e. The van der Waals surface area contributed by atoms with Crippen LogP contribution in [-0.2, 0) is 4.79 Å². The number of benzene rings is 1. The van der Waals surface area contributed by atoms with E-state index >= 15 is 0 Å². The lowest BCUT2D eigenvalue weighted by Crippen LogP contribution is -2.14. The number of amides is 1. The van der Waals surface area contributed by atoms with Crippen molar-refractivity contribution in [2.45, 2.75) is 51.4 Å². The molecule has 0 bridgehead atoms. The van der Waals surface area contributed by atoms with Gasteiger partial charge in [0, 0.05) is 12.5 Å². The van der Waals surface area contributed by atoms with Gasteiger partial charge in [0.1, 0.15) is 5.75 Å². The lowest BCUT2D eigenvalue weighted by molar-refractivity contribution is -0.116. The minimum atomic E-state index is 0. The van der Waals surface area contributed by atoms with Gasteiger partial charge in [0.25, 0.3) is 0 Å². The van der Waals surface area contributed by atoms with Crippen molar-refractivity contribution < 1.29 is 9.53 Å². The predicted molar refractivity (Wildman–Crippen MR) is 93.7 cm³/mol. The molecule has 0 aliphatic heterocycles. The van der Waals surface area contributed by atoms with Crippen molar-refractivity contribution in [2.75, 3.05) is 18.2 Å². The van der Waals surface area contributed by atoms with Crippen LogP contribution in [-0.4, -0.2) is 13.0 Å². The molecule has 0 aromatic heterocycles. The van der Waals surface area contributed by atoms with Gasteiger partial charge in [0.15, 0.2) is 0 Å². The van der Waals surface area contributed by atoms with Gasteiger partial charge >= 0.3 is 0 Å². The fourth-order valence-corrected chi connectivity index (χ4v) is 3.01. The molecule has 0 heterocycles. The molecule has 1 amide bonds. The van der Waals surface area contributed by atoms with Crippen LogP contribution < -0.4 is 15.8 Å². The number of ether oxygens (including phenoxy) is 1. The molecule has 2 rings (SSSR count). The summed E-state index contributed by atoms with van der Waals surface area (Å²) in [7, 11) is 1.60. The molecule has 0 spiro atoms. The van der Waals surface area contributed by atoms with Gasteiger partial charge in [-0.15, -0.1) is 12.4 Å². The zero-order valence-corrected chi connectivity index (χ0v) is 14.1. The highest BCUT2D eigenvalue weighted by molar-refractivity contribution is 5.94. The van der Waals surface area contributed by atoms with Gasteiger partial charge in [0.05, 0.1) is 18.5 Å². The van der Waals surface area contributed by atoms with E-state index in [-0.39, 0.29) is 18.3 Å². The van der Waals surface area contributed by atoms with Crippen LogP contribution in [0, 0.1) is 5.92 Å². The molecule has 4 nitrogen and oxygen atoms in total. The van der Waals surface area contributed by atoms with Crippen LogP contribution in [0.2, 0.25) is 0 Å². The summed E-state index contributed by atoms with van der Waals surface area (Å²) in [4.78, 5) is 12.0. The van der Waals surface area contributed by atoms with E-state index in [0.717, 1.165) is 12.3 Å². The first-order valence-electron chi connectivity index (χ1n) is 7.92. The Morgan fingerprint density at radius 3 is 2.73 bits per heavy atom. The Balaban J connectivity index is 0.00000242. The number of methoxy groups -OCH3 is 1. The van der Waals surface area contributed by atoms with E-state index in [1.807, 2.05) is 0 Å². The molecule has 1 aliphatic carbocycles. The number of carbonyl (C=O) groups is 1. The third-order valence-electron chi connectivity index (χ3n) is 4.28. The minimum absolute atomic E-state index is 0. The zero-order chi connectivity index (χ0) is 15.1. The van der Waals surface area contributed by atoms with E-state index in [0.29, 0.717) is 23.5 Å². The number of halogens is 1. The normalized spacial score (nSPS) is 15.0. The van der Waals surface area contributed by atoms with Crippen molar-refractivity contribution in [3.63, 3.8) is 0 Å². The summed E-state index contributed by atoms with van der Waals surface area (Å²) in [5.74, 6) is 1.56. The second-order valence-corrected chi connectivity index (χ2v) is 5.90. The fraction of sp³-hybridized carbons (Fsp3) is 0.588. The monoisotopic (exact) mass is 326 g/mol. The Morgan fingerprint density at radius 2 is 2.05 bits per heavy atom. The van der Waals surface area contributed by atoms with Crippen LogP contribution in [0.4, 0.5) is 11.4 Å². The number of nitrogens with two attached hydrogens (primary N) is 1. The molecule has 1 fully saturated rings. The standard InChI is InChI=1S/C17H26N2O2.ClH/c1-21-14-10-11-15(18)16(12-14)19-17(20)9-5-8-13-6-3-2-4-7-13;/h10-13H,2-9,18H2,1H3,(H,19,20);1H. The Kier molecular flexibility index (Phi) is 8.10. The third-order valence-corrected chi connectivity index (χ3v) is 4.28. The van der Waals surface area contributed by atoms with Gasteiger partial charge < -0.3 is 15.8 Å². The van der Waals surface area contributed by atoms with Crippen molar-refractivity contribution in [3.8, 4) is 5.75 Å². The number of hydrogen-bond donors (Lipinski definition) is 2. The first kappa shape index (κ1) is 18.6. The summed E-state index contributed by atoms with van der Waals surface area (Å²) in [6, 6.07) is 5.29. The number of anilines is 2. The quantitative estimate of drug-likeness (QED) is 0.762. The Hall–Kier alpha value is -1.42. The smallest absolute Gasteiger partial charge is 0.224 e. The summed E-state index contributed by atoms with van der Waals surface area (Å²) >= 11 is 0. The molecular formula is C17H27ClN2O2.